The Morgan fingerprint density at radius 1 is 0.952 bits per heavy atom. The second-order valence-corrected chi connectivity index (χ2v) is 10.9. The summed E-state index contributed by atoms with van der Waals surface area (Å²) in [6, 6.07) is 2.84. The lowest BCUT2D eigenvalue weighted by Gasteiger charge is -2.24. The number of carbonyl (C=O) groups excluding carboxylic acids is 2. The molecular formula is C26H18Cl3F10NO2. The van der Waals surface area contributed by atoms with Crippen molar-refractivity contribution in [3.8, 4) is 0 Å². The van der Waals surface area contributed by atoms with Crippen LogP contribution in [0.25, 0.3) is 5.83 Å². The molecule has 0 bridgehead atoms. The molecule has 1 aliphatic rings. The minimum atomic E-state index is -5.30. The maximum Gasteiger partial charge on any atom is 0.417 e. The van der Waals surface area contributed by atoms with Crippen LogP contribution in [-0.2, 0) is 11.0 Å². The SMILES string of the molecule is CN(CC(F)(F)F)C(=O)C1(CC(=O)c2ccc(/C(F)=C/C(c3cc(Cl)c(Cl)c(Cl)c3)C(F)(F)F)cc2C(F)(F)F)CC1. The molecule has 1 atom stereocenters. The van der Waals surface area contributed by atoms with Gasteiger partial charge in [-0.05, 0) is 42.7 Å². The van der Waals surface area contributed by atoms with Gasteiger partial charge < -0.3 is 4.90 Å². The van der Waals surface area contributed by atoms with Crippen molar-refractivity contribution < 1.29 is 53.5 Å². The smallest absolute Gasteiger partial charge is 0.336 e. The molecule has 2 aromatic carbocycles. The Kier molecular flexibility index (Phi) is 9.61. The number of rotatable bonds is 8. The van der Waals surface area contributed by atoms with E-state index in [1.807, 2.05) is 0 Å². The lowest BCUT2D eigenvalue weighted by atomic mass is 9.90. The van der Waals surface area contributed by atoms with E-state index in [1.54, 1.807) is 0 Å². The molecule has 1 unspecified atom stereocenters. The van der Waals surface area contributed by atoms with Crippen molar-refractivity contribution in [1.82, 2.24) is 4.90 Å². The van der Waals surface area contributed by atoms with Crippen LogP contribution < -0.4 is 0 Å². The standard InChI is InChI=1S/C26H18Cl3F10NO2/c1-40(11-24(31,32)33)22(42)23(4-5-23)10-20(41)14-3-2-12(6-16(14)26(37,38)39)19(30)9-15(25(34,35)36)13-7-17(27)21(29)18(28)8-13/h2-3,6-9,15H,4-5,10-11H2,1H3/b19-9-. The van der Waals surface area contributed by atoms with E-state index in [0.29, 0.717) is 17.0 Å². The van der Waals surface area contributed by atoms with E-state index in [4.69, 9.17) is 34.8 Å². The molecule has 230 valence electrons. The van der Waals surface area contributed by atoms with Crippen LogP contribution in [0, 0.1) is 5.41 Å². The minimum absolute atomic E-state index is 0.00121. The molecule has 1 saturated carbocycles. The van der Waals surface area contributed by atoms with Gasteiger partial charge in [0.15, 0.2) is 5.78 Å². The van der Waals surface area contributed by atoms with Gasteiger partial charge in [0, 0.05) is 24.6 Å². The van der Waals surface area contributed by atoms with Crippen molar-refractivity contribution in [3.63, 3.8) is 0 Å². The summed E-state index contributed by atoms with van der Waals surface area (Å²) in [7, 11) is 0.839. The first-order valence-electron chi connectivity index (χ1n) is 11.7. The first-order chi connectivity index (χ1) is 19.1. The summed E-state index contributed by atoms with van der Waals surface area (Å²) in [5.41, 5.74) is -5.98. The lowest BCUT2D eigenvalue weighted by molar-refractivity contribution is -0.161. The van der Waals surface area contributed by atoms with Gasteiger partial charge in [0.25, 0.3) is 0 Å². The van der Waals surface area contributed by atoms with E-state index < -0.39 is 82.6 Å². The predicted molar refractivity (Wildman–Crippen MR) is 135 cm³/mol. The number of Topliss-reactive ketones (excluding diaryl/α,β-unsaturated/α-hetero) is 1. The van der Waals surface area contributed by atoms with E-state index in [2.05, 4.69) is 0 Å². The zero-order chi connectivity index (χ0) is 32.0. The molecule has 0 aromatic heterocycles. The fraction of sp³-hybridized carbons (Fsp3) is 0.385. The minimum Gasteiger partial charge on any atom is -0.336 e. The van der Waals surface area contributed by atoms with Crippen molar-refractivity contribution in [2.24, 2.45) is 5.41 Å². The topological polar surface area (TPSA) is 37.4 Å². The third kappa shape index (κ3) is 7.90. The molecule has 16 heteroatoms. The van der Waals surface area contributed by atoms with Gasteiger partial charge in [0.05, 0.1) is 26.0 Å². The quantitative estimate of drug-likeness (QED) is 0.159. The van der Waals surface area contributed by atoms with Crippen molar-refractivity contribution >= 4 is 52.3 Å². The number of nitrogens with zero attached hydrogens (tertiary/aromatic N) is 1. The maximum atomic E-state index is 15.1. The summed E-state index contributed by atoms with van der Waals surface area (Å²) in [5.74, 6) is -6.78. The Balaban J connectivity index is 1.97. The molecule has 0 saturated heterocycles. The zero-order valence-corrected chi connectivity index (χ0v) is 23.3. The predicted octanol–water partition coefficient (Wildman–Crippen LogP) is 9.70. The number of amides is 1. The first-order valence-corrected chi connectivity index (χ1v) is 12.8. The molecule has 3 nitrogen and oxygen atoms in total. The molecule has 1 aliphatic carbocycles. The molecular weight excluding hydrogens is 655 g/mol. The number of allylic oxidation sites excluding steroid dienone is 1. The van der Waals surface area contributed by atoms with Gasteiger partial charge in [0.2, 0.25) is 5.91 Å². The van der Waals surface area contributed by atoms with Crippen molar-refractivity contribution in [2.45, 2.75) is 43.7 Å². The Hall–Kier alpha value is -2.51. The van der Waals surface area contributed by atoms with Crippen molar-refractivity contribution in [3.05, 3.63) is 73.7 Å². The van der Waals surface area contributed by atoms with Gasteiger partial charge in [-0.2, -0.15) is 39.5 Å². The van der Waals surface area contributed by atoms with Crippen molar-refractivity contribution in [2.75, 3.05) is 13.6 Å². The number of ketones is 1. The van der Waals surface area contributed by atoms with Crippen LogP contribution in [-0.4, -0.2) is 42.5 Å². The van der Waals surface area contributed by atoms with Gasteiger partial charge in [-0.25, -0.2) is 4.39 Å². The van der Waals surface area contributed by atoms with Gasteiger partial charge in [-0.15, -0.1) is 0 Å². The molecule has 1 amide bonds. The summed E-state index contributed by atoms with van der Waals surface area (Å²) in [6.07, 6.45) is -16.1. The fourth-order valence-corrected chi connectivity index (χ4v) is 4.93. The number of alkyl halides is 9. The van der Waals surface area contributed by atoms with E-state index in [0.717, 1.165) is 19.2 Å². The van der Waals surface area contributed by atoms with Crippen LogP contribution in [0.1, 0.15) is 52.2 Å². The number of hydrogen-bond donors (Lipinski definition) is 0. The molecule has 0 spiro atoms. The van der Waals surface area contributed by atoms with Crippen LogP contribution in [0.5, 0.6) is 0 Å². The highest BCUT2D eigenvalue weighted by Crippen LogP contribution is 2.51. The van der Waals surface area contributed by atoms with Gasteiger partial charge >= 0.3 is 18.5 Å². The van der Waals surface area contributed by atoms with E-state index in [-0.39, 0.29) is 40.1 Å². The molecule has 1 fully saturated rings. The number of carbonyl (C=O) groups is 2. The summed E-state index contributed by atoms with van der Waals surface area (Å²) in [4.78, 5) is 25.7. The van der Waals surface area contributed by atoms with Crippen molar-refractivity contribution in [1.29, 1.82) is 0 Å². The fourth-order valence-electron chi connectivity index (χ4n) is 4.31. The first kappa shape index (κ1) is 34.0. The average Bonchev–Trinajstić information content (AvgIpc) is 3.62. The molecule has 3 rings (SSSR count). The van der Waals surface area contributed by atoms with Gasteiger partial charge in [0.1, 0.15) is 18.3 Å². The summed E-state index contributed by atoms with van der Waals surface area (Å²) >= 11 is 17.3. The monoisotopic (exact) mass is 671 g/mol. The van der Waals surface area contributed by atoms with E-state index in [9.17, 15) is 49.1 Å². The second-order valence-electron chi connectivity index (χ2n) is 9.75. The average molecular weight is 673 g/mol. The Morgan fingerprint density at radius 2 is 1.50 bits per heavy atom. The Morgan fingerprint density at radius 3 is 1.95 bits per heavy atom. The lowest BCUT2D eigenvalue weighted by Crippen LogP contribution is -2.41. The Labute approximate surface area is 247 Å². The molecule has 0 radical (unpaired) electrons. The number of hydrogen-bond acceptors (Lipinski definition) is 2. The van der Waals surface area contributed by atoms with Gasteiger partial charge in [-0.1, -0.05) is 46.9 Å². The molecule has 0 N–H and O–H groups in total. The highest BCUT2D eigenvalue weighted by molar-refractivity contribution is 6.48. The van der Waals surface area contributed by atoms with Crippen LogP contribution in [0.15, 0.2) is 36.4 Å². The van der Waals surface area contributed by atoms with E-state index in [1.165, 1.54) is 0 Å². The third-order valence-corrected chi connectivity index (χ3v) is 7.70. The number of halogens is 13. The van der Waals surface area contributed by atoms with Gasteiger partial charge in [-0.3, -0.25) is 9.59 Å². The van der Waals surface area contributed by atoms with Crippen LogP contribution >= 0.6 is 34.8 Å². The maximum absolute atomic E-state index is 15.1. The third-order valence-electron chi connectivity index (χ3n) is 6.50. The zero-order valence-electron chi connectivity index (χ0n) is 21.0. The summed E-state index contributed by atoms with van der Waals surface area (Å²) < 4.78 is 136. The van der Waals surface area contributed by atoms with Crippen LogP contribution in [0.2, 0.25) is 15.1 Å². The highest BCUT2D eigenvalue weighted by Gasteiger charge is 2.54. The molecule has 0 heterocycles. The van der Waals surface area contributed by atoms with Crippen LogP contribution in [0.4, 0.5) is 43.9 Å². The molecule has 0 aliphatic heterocycles. The molecule has 2 aromatic rings. The normalized spacial score (nSPS) is 16.3. The summed E-state index contributed by atoms with van der Waals surface area (Å²) in [6.45, 7) is -1.64. The van der Waals surface area contributed by atoms with Crippen LogP contribution in [0.3, 0.4) is 0 Å². The second kappa shape index (κ2) is 11.9. The largest absolute Gasteiger partial charge is 0.417 e. The van der Waals surface area contributed by atoms with E-state index >= 15 is 4.39 Å². The highest BCUT2D eigenvalue weighted by atomic mass is 35.5. The molecule has 42 heavy (non-hydrogen) atoms. The summed E-state index contributed by atoms with van der Waals surface area (Å²) in [5, 5.41) is -1.05. The Bertz CT molecular complexity index is 1390. The number of benzene rings is 2.